The Bertz CT molecular complexity index is 992. The van der Waals surface area contributed by atoms with Crippen molar-refractivity contribution in [3.05, 3.63) is 54.1 Å². The SMILES string of the molecule is COc1ccccc1-c1ccc([C@@H]2[C@@H](CO)N3CCCCN(C(=O)CN4CCOCC4)C[C@@H]23)cc1. The molecule has 0 spiro atoms. The molecule has 0 aromatic heterocycles. The molecule has 7 nitrogen and oxygen atoms in total. The highest BCUT2D eigenvalue weighted by Crippen LogP contribution is 2.42. The monoisotopic (exact) mass is 479 g/mol. The molecule has 3 aliphatic rings. The number of carbonyl (C=O) groups is 1. The largest absolute Gasteiger partial charge is 0.496 e. The summed E-state index contributed by atoms with van der Waals surface area (Å²) >= 11 is 0. The van der Waals surface area contributed by atoms with Gasteiger partial charge in [0.1, 0.15) is 5.75 Å². The van der Waals surface area contributed by atoms with E-state index in [4.69, 9.17) is 9.47 Å². The molecule has 35 heavy (non-hydrogen) atoms. The van der Waals surface area contributed by atoms with Gasteiger partial charge >= 0.3 is 0 Å². The van der Waals surface area contributed by atoms with Crippen LogP contribution in [0.25, 0.3) is 11.1 Å². The lowest BCUT2D eigenvalue weighted by molar-refractivity contribution is -0.138. The molecule has 7 heteroatoms. The predicted molar refractivity (Wildman–Crippen MR) is 136 cm³/mol. The summed E-state index contributed by atoms with van der Waals surface area (Å²) in [5, 5.41) is 10.3. The number of aliphatic hydroxyl groups excluding tert-OH is 1. The smallest absolute Gasteiger partial charge is 0.236 e. The van der Waals surface area contributed by atoms with Crippen LogP contribution in [0.15, 0.2) is 48.5 Å². The van der Waals surface area contributed by atoms with Crippen molar-refractivity contribution in [2.45, 2.75) is 30.8 Å². The first-order valence-electron chi connectivity index (χ1n) is 12.9. The molecule has 3 aliphatic heterocycles. The minimum atomic E-state index is 0.103. The highest BCUT2D eigenvalue weighted by atomic mass is 16.5. The number of hydrogen-bond donors (Lipinski definition) is 1. The molecule has 3 heterocycles. The Balaban J connectivity index is 1.33. The number of fused-ring (bicyclic) bond motifs is 1. The zero-order chi connectivity index (χ0) is 24.2. The maximum atomic E-state index is 13.2. The van der Waals surface area contributed by atoms with E-state index >= 15 is 0 Å². The minimum Gasteiger partial charge on any atom is -0.496 e. The average molecular weight is 480 g/mol. The van der Waals surface area contributed by atoms with Crippen LogP contribution in [-0.4, -0.2) is 104 Å². The number of methoxy groups -OCH3 is 1. The van der Waals surface area contributed by atoms with Crippen LogP contribution in [-0.2, 0) is 9.53 Å². The number of nitrogens with zero attached hydrogens (tertiary/aromatic N) is 3. The van der Waals surface area contributed by atoms with Crippen LogP contribution < -0.4 is 4.74 Å². The van der Waals surface area contributed by atoms with Crippen molar-refractivity contribution in [3.63, 3.8) is 0 Å². The van der Waals surface area contributed by atoms with Gasteiger partial charge in [-0.3, -0.25) is 14.6 Å². The number of amides is 1. The molecule has 3 fully saturated rings. The van der Waals surface area contributed by atoms with E-state index in [1.807, 2.05) is 18.2 Å². The third kappa shape index (κ3) is 5.09. The zero-order valence-corrected chi connectivity index (χ0v) is 20.6. The molecule has 1 amide bonds. The fraction of sp³-hybridized carbons (Fsp3) is 0.536. The average Bonchev–Trinajstić information content (AvgIpc) is 2.88. The lowest BCUT2D eigenvalue weighted by Crippen LogP contribution is -2.68. The number of aliphatic hydroxyl groups is 1. The fourth-order valence-corrected chi connectivity index (χ4v) is 5.99. The van der Waals surface area contributed by atoms with Crippen LogP contribution in [0.5, 0.6) is 5.75 Å². The summed E-state index contributed by atoms with van der Waals surface area (Å²) in [5.41, 5.74) is 3.41. The summed E-state index contributed by atoms with van der Waals surface area (Å²) in [6, 6.07) is 17.1. The Morgan fingerprint density at radius 3 is 2.51 bits per heavy atom. The van der Waals surface area contributed by atoms with Crippen molar-refractivity contribution >= 4 is 5.91 Å². The quantitative estimate of drug-likeness (QED) is 0.687. The molecule has 0 radical (unpaired) electrons. The topological polar surface area (TPSA) is 65.5 Å². The van der Waals surface area contributed by atoms with E-state index in [0.717, 1.165) is 62.4 Å². The molecule has 2 aromatic rings. The Labute approximate surface area is 208 Å². The number of ether oxygens (including phenoxy) is 2. The standard InChI is InChI=1S/C28H37N3O4/c1-34-26-7-3-2-6-23(26)21-8-10-22(11-9-21)28-24-18-30(12-4-5-13-31(24)25(28)20-32)27(33)19-29-14-16-35-17-15-29/h2-3,6-11,24-25,28,32H,4-5,12-20H2,1H3/t24-,25+,28-/m0/s1. The van der Waals surface area contributed by atoms with Crippen molar-refractivity contribution in [1.29, 1.82) is 0 Å². The Morgan fingerprint density at radius 2 is 1.77 bits per heavy atom. The third-order valence-electron chi connectivity index (χ3n) is 7.90. The maximum Gasteiger partial charge on any atom is 0.236 e. The van der Waals surface area contributed by atoms with Gasteiger partial charge in [-0.05, 0) is 36.6 Å². The summed E-state index contributed by atoms with van der Waals surface area (Å²) in [5.74, 6) is 1.28. The summed E-state index contributed by atoms with van der Waals surface area (Å²) < 4.78 is 11.0. The van der Waals surface area contributed by atoms with Crippen molar-refractivity contribution in [2.24, 2.45) is 0 Å². The van der Waals surface area contributed by atoms with Crippen molar-refractivity contribution in [2.75, 3.05) is 66.2 Å². The molecule has 1 N–H and O–H groups in total. The second kappa shape index (κ2) is 11.1. The number of morpholine rings is 1. The van der Waals surface area contributed by atoms with Crippen LogP contribution in [0, 0.1) is 0 Å². The molecule has 3 saturated heterocycles. The molecule has 0 saturated carbocycles. The van der Waals surface area contributed by atoms with Gasteiger partial charge in [-0.2, -0.15) is 0 Å². The van der Waals surface area contributed by atoms with E-state index in [9.17, 15) is 9.90 Å². The van der Waals surface area contributed by atoms with Gasteiger partial charge < -0.3 is 19.5 Å². The van der Waals surface area contributed by atoms with Gasteiger partial charge in [0.25, 0.3) is 0 Å². The second-order valence-corrected chi connectivity index (χ2v) is 9.84. The Hall–Kier alpha value is -2.45. The molecular formula is C28H37N3O4. The van der Waals surface area contributed by atoms with Gasteiger partial charge in [-0.1, -0.05) is 42.5 Å². The molecule has 5 rings (SSSR count). The lowest BCUT2D eigenvalue weighted by atomic mass is 9.74. The first-order valence-corrected chi connectivity index (χ1v) is 12.9. The summed E-state index contributed by atoms with van der Waals surface area (Å²) in [7, 11) is 1.70. The number of carbonyl (C=O) groups excluding carboxylic acids is 1. The van der Waals surface area contributed by atoms with Crippen LogP contribution in [0.1, 0.15) is 24.3 Å². The highest BCUT2D eigenvalue weighted by molar-refractivity contribution is 5.78. The number of benzene rings is 2. The van der Waals surface area contributed by atoms with E-state index in [-0.39, 0.29) is 30.5 Å². The van der Waals surface area contributed by atoms with Crippen LogP contribution in [0.2, 0.25) is 0 Å². The molecule has 0 bridgehead atoms. The molecule has 2 aromatic carbocycles. The van der Waals surface area contributed by atoms with Gasteiger partial charge in [0, 0.05) is 49.7 Å². The molecule has 0 aliphatic carbocycles. The minimum absolute atomic E-state index is 0.103. The molecular weight excluding hydrogens is 442 g/mol. The fourth-order valence-electron chi connectivity index (χ4n) is 5.99. The van der Waals surface area contributed by atoms with E-state index in [2.05, 4.69) is 45.0 Å². The van der Waals surface area contributed by atoms with Gasteiger partial charge in [0.15, 0.2) is 0 Å². The summed E-state index contributed by atoms with van der Waals surface area (Å²) in [6.07, 6.45) is 2.06. The van der Waals surface area contributed by atoms with E-state index < -0.39 is 0 Å². The van der Waals surface area contributed by atoms with Crippen molar-refractivity contribution in [3.8, 4) is 16.9 Å². The molecule has 0 unspecified atom stereocenters. The summed E-state index contributed by atoms with van der Waals surface area (Å²) in [6.45, 7) is 6.18. The second-order valence-electron chi connectivity index (χ2n) is 9.84. The van der Waals surface area contributed by atoms with Gasteiger partial charge in [0.05, 0.1) is 33.5 Å². The van der Waals surface area contributed by atoms with Crippen LogP contribution in [0.3, 0.4) is 0 Å². The Kier molecular flexibility index (Phi) is 7.68. The van der Waals surface area contributed by atoms with E-state index in [0.29, 0.717) is 19.8 Å². The first-order chi connectivity index (χ1) is 17.2. The lowest BCUT2D eigenvalue weighted by Gasteiger charge is -2.57. The predicted octanol–water partition coefficient (Wildman–Crippen LogP) is 2.45. The van der Waals surface area contributed by atoms with Crippen molar-refractivity contribution in [1.82, 2.24) is 14.7 Å². The zero-order valence-electron chi connectivity index (χ0n) is 20.6. The van der Waals surface area contributed by atoms with Gasteiger partial charge in [-0.25, -0.2) is 0 Å². The number of para-hydroxylation sites is 1. The Morgan fingerprint density at radius 1 is 1.03 bits per heavy atom. The first kappa shape index (κ1) is 24.3. The van der Waals surface area contributed by atoms with Gasteiger partial charge in [-0.15, -0.1) is 0 Å². The van der Waals surface area contributed by atoms with Gasteiger partial charge in [0.2, 0.25) is 5.91 Å². The number of rotatable bonds is 6. The molecule has 3 atom stereocenters. The van der Waals surface area contributed by atoms with Crippen molar-refractivity contribution < 1.29 is 19.4 Å². The number of hydrogen-bond acceptors (Lipinski definition) is 6. The third-order valence-corrected chi connectivity index (χ3v) is 7.90. The molecule has 188 valence electrons. The summed E-state index contributed by atoms with van der Waals surface area (Å²) in [4.78, 5) is 19.9. The van der Waals surface area contributed by atoms with E-state index in [1.165, 1.54) is 5.56 Å². The maximum absolute atomic E-state index is 13.2. The van der Waals surface area contributed by atoms with Crippen LogP contribution in [0.4, 0.5) is 0 Å². The normalized spacial score (nSPS) is 25.8. The van der Waals surface area contributed by atoms with Crippen LogP contribution >= 0.6 is 0 Å². The van der Waals surface area contributed by atoms with E-state index in [1.54, 1.807) is 7.11 Å². The highest BCUT2D eigenvalue weighted by Gasteiger charge is 2.49.